The highest BCUT2D eigenvalue weighted by Crippen LogP contribution is 2.60. The van der Waals surface area contributed by atoms with Crippen molar-refractivity contribution in [3.8, 4) is 0 Å². The van der Waals surface area contributed by atoms with Gasteiger partial charge >= 0.3 is 5.97 Å². The van der Waals surface area contributed by atoms with Crippen molar-refractivity contribution in [2.45, 2.75) is 71.6 Å². The lowest BCUT2D eigenvalue weighted by molar-refractivity contribution is -0.154. The van der Waals surface area contributed by atoms with Crippen molar-refractivity contribution in [1.29, 1.82) is 0 Å². The summed E-state index contributed by atoms with van der Waals surface area (Å²) in [4.78, 5) is 11.9. The smallest absolute Gasteiger partial charge is 0.308 e. The Hall–Kier alpha value is -0.530. The fraction of sp³-hybridized carbons (Fsp3) is 0.952. The van der Waals surface area contributed by atoms with Gasteiger partial charge in [0.1, 0.15) is 0 Å². The number of ether oxygens (including phenoxy) is 1. The third kappa shape index (κ3) is 2.85. The van der Waals surface area contributed by atoms with Gasteiger partial charge in [0.15, 0.2) is 0 Å². The van der Waals surface area contributed by atoms with Crippen LogP contribution in [0.3, 0.4) is 0 Å². The van der Waals surface area contributed by atoms with Gasteiger partial charge in [0.2, 0.25) is 0 Å². The molecule has 7 unspecified atom stereocenters. The van der Waals surface area contributed by atoms with E-state index < -0.39 is 0 Å². The predicted octanol–water partition coefficient (Wildman–Crippen LogP) is 5.06. The Morgan fingerprint density at radius 2 is 1.48 bits per heavy atom. The second kappa shape index (κ2) is 6.41. The minimum Gasteiger partial charge on any atom is -0.465 e. The van der Waals surface area contributed by atoms with Crippen molar-refractivity contribution in [1.82, 2.24) is 0 Å². The number of esters is 1. The molecule has 0 aromatic rings. The summed E-state index contributed by atoms with van der Waals surface area (Å²) < 4.78 is 5.67. The molecule has 130 valence electrons. The molecular weight excluding hydrogens is 284 g/mol. The largest absolute Gasteiger partial charge is 0.465 e. The van der Waals surface area contributed by atoms with Crippen LogP contribution < -0.4 is 0 Å². The van der Waals surface area contributed by atoms with Crippen LogP contribution >= 0.6 is 0 Å². The average Bonchev–Trinajstić information content (AvgIpc) is 2.58. The standard InChI is InChI=1S/C21H34O2/c1-13(2)21(22)23-12-17-9-8-16-7-6-14-4-3-5-15-10-11-18(17)20(16)19(14)15/h13-20H,3-12H2,1-2H3. The summed E-state index contributed by atoms with van der Waals surface area (Å²) in [5.41, 5.74) is 0. The van der Waals surface area contributed by atoms with Crippen LogP contribution in [0.4, 0.5) is 0 Å². The number of hydrogen-bond donors (Lipinski definition) is 0. The minimum atomic E-state index is -0.00000323. The first-order valence-corrected chi connectivity index (χ1v) is 10.3. The van der Waals surface area contributed by atoms with E-state index in [1.54, 1.807) is 0 Å². The minimum absolute atomic E-state index is 0.00000323. The van der Waals surface area contributed by atoms with Crippen LogP contribution in [-0.2, 0) is 9.53 Å². The molecule has 2 heteroatoms. The van der Waals surface area contributed by atoms with Gasteiger partial charge in [-0.15, -0.1) is 0 Å². The zero-order valence-electron chi connectivity index (χ0n) is 15.0. The summed E-state index contributed by atoms with van der Waals surface area (Å²) >= 11 is 0. The quantitative estimate of drug-likeness (QED) is 0.680. The fourth-order valence-electron chi connectivity index (χ4n) is 6.97. The van der Waals surface area contributed by atoms with Crippen LogP contribution in [0.5, 0.6) is 0 Å². The van der Waals surface area contributed by atoms with Gasteiger partial charge in [0.05, 0.1) is 12.5 Å². The van der Waals surface area contributed by atoms with Gasteiger partial charge in [0.25, 0.3) is 0 Å². The zero-order valence-corrected chi connectivity index (χ0v) is 15.0. The number of rotatable bonds is 3. The van der Waals surface area contributed by atoms with Crippen molar-refractivity contribution in [3.05, 3.63) is 0 Å². The van der Waals surface area contributed by atoms with Gasteiger partial charge in [-0.3, -0.25) is 4.79 Å². The monoisotopic (exact) mass is 318 g/mol. The lowest BCUT2D eigenvalue weighted by Crippen LogP contribution is -2.52. The lowest BCUT2D eigenvalue weighted by Gasteiger charge is -2.59. The molecule has 0 saturated heterocycles. The molecule has 0 aromatic heterocycles. The van der Waals surface area contributed by atoms with E-state index >= 15 is 0 Å². The van der Waals surface area contributed by atoms with Crippen LogP contribution in [0.1, 0.15) is 71.6 Å². The maximum atomic E-state index is 11.9. The Balaban J connectivity index is 1.48. The molecule has 7 atom stereocenters. The maximum absolute atomic E-state index is 11.9. The van der Waals surface area contributed by atoms with Crippen molar-refractivity contribution in [2.75, 3.05) is 6.61 Å². The zero-order chi connectivity index (χ0) is 16.0. The summed E-state index contributed by atoms with van der Waals surface area (Å²) in [5.74, 6) is 6.61. The number of carbonyl (C=O) groups is 1. The van der Waals surface area contributed by atoms with Gasteiger partial charge in [0, 0.05) is 0 Å². The van der Waals surface area contributed by atoms with E-state index in [1.165, 1.54) is 57.8 Å². The van der Waals surface area contributed by atoms with E-state index in [-0.39, 0.29) is 11.9 Å². The molecular formula is C21H34O2. The molecule has 4 aliphatic rings. The first-order chi connectivity index (χ1) is 11.1. The third-order valence-corrected chi connectivity index (χ3v) is 7.93. The molecule has 4 aliphatic carbocycles. The Kier molecular flexibility index (Phi) is 4.45. The van der Waals surface area contributed by atoms with E-state index in [9.17, 15) is 4.79 Å². The number of hydrogen-bond acceptors (Lipinski definition) is 2. The van der Waals surface area contributed by atoms with E-state index in [4.69, 9.17) is 4.74 Å². The highest BCUT2D eigenvalue weighted by Gasteiger charge is 2.53. The molecule has 4 fully saturated rings. The molecule has 23 heavy (non-hydrogen) atoms. The molecule has 0 aromatic carbocycles. The van der Waals surface area contributed by atoms with E-state index in [0.717, 1.165) is 35.5 Å². The summed E-state index contributed by atoms with van der Waals surface area (Å²) in [6, 6.07) is 0. The molecule has 2 nitrogen and oxygen atoms in total. The highest BCUT2D eigenvalue weighted by molar-refractivity contribution is 5.71. The van der Waals surface area contributed by atoms with Crippen LogP contribution in [0.15, 0.2) is 0 Å². The topological polar surface area (TPSA) is 26.3 Å². The fourth-order valence-corrected chi connectivity index (χ4v) is 6.97. The van der Waals surface area contributed by atoms with Crippen LogP contribution in [0, 0.1) is 47.3 Å². The third-order valence-electron chi connectivity index (χ3n) is 7.93. The molecule has 0 heterocycles. The Bertz CT molecular complexity index is 437. The summed E-state index contributed by atoms with van der Waals surface area (Å²) in [7, 11) is 0. The second-order valence-electron chi connectivity index (χ2n) is 9.31. The summed E-state index contributed by atoms with van der Waals surface area (Å²) in [6.45, 7) is 4.59. The predicted molar refractivity (Wildman–Crippen MR) is 91.8 cm³/mol. The van der Waals surface area contributed by atoms with Gasteiger partial charge < -0.3 is 4.74 Å². The Morgan fingerprint density at radius 1 is 0.870 bits per heavy atom. The molecule has 4 rings (SSSR count). The van der Waals surface area contributed by atoms with Crippen molar-refractivity contribution in [3.63, 3.8) is 0 Å². The van der Waals surface area contributed by atoms with Gasteiger partial charge in [-0.1, -0.05) is 33.1 Å². The van der Waals surface area contributed by atoms with Crippen molar-refractivity contribution in [2.24, 2.45) is 47.3 Å². The Labute approximate surface area is 141 Å². The van der Waals surface area contributed by atoms with Crippen LogP contribution in [0.25, 0.3) is 0 Å². The summed E-state index contributed by atoms with van der Waals surface area (Å²) in [6.07, 6.45) is 13.1. The normalized spacial score (nSPS) is 45.4. The molecule has 0 N–H and O–H groups in total. The molecule has 0 bridgehead atoms. The highest BCUT2D eigenvalue weighted by atomic mass is 16.5. The first kappa shape index (κ1) is 16.0. The molecule has 0 radical (unpaired) electrons. The van der Waals surface area contributed by atoms with E-state index in [2.05, 4.69) is 0 Å². The molecule has 0 aliphatic heterocycles. The molecule has 4 saturated carbocycles. The second-order valence-corrected chi connectivity index (χ2v) is 9.31. The first-order valence-electron chi connectivity index (χ1n) is 10.3. The number of carbonyl (C=O) groups excluding carboxylic acids is 1. The van der Waals surface area contributed by atoms with E-state index in [0.29, 0.717) is 12.5 Å². The average molecular weight is 319 g/mol. The summed E-state index contributed by atoms with van der Waals surface area (Å²) in [5, 5.41) is 0. The molecule has 0 spiro atoms. The van der Waals surface area contributed by atoms with Crippen molar-refractivity contribution < 1.29 is 9.53 Å². The van der Waals surface area contributed by atoms with Gasteiger partial charge in [-0.05, 0) is 80.0 Å². The van der Waals surface area contributed by atoms with E-state index in [1.807, 2.05) is 13.8 Å². The van der Waals surface area contributed by atoms with Crippen molar-refractivity contribution >= 4 is 5.97 Å². The SMILES string of the molecule is CC(C)C(=O)OCC1CCC2CCC3CCCC4CCC1C2C34. The maximum Gasteiger partial charge on any atom is 0.308 e. The van der Waals surface area contributed by atoms with Gasteiger partial charge in [-0.25, -0.2) is 0 Å². The Morgan fingerprint density at radius 3 is 2.17 bits per heavy atom. The van der Waals surface area contributed by atoms with Crippen LogP contribution in [-0.4, -0.2) is 12.6 Å². The van der Waals surface area contributed by atoms with Gasteiger partial charge in [-0.2, -0.15) is 0 Å². The molecule has 0 amide bonds. The lowest BCUT2D eigenvalue weighted by atomic mass is 9.46. The van der Waals surface area contributed by atoms with Crippen LogP contribution in [0.2, 0.25) is 0 Å².